The lowest BCUT2D eigenvalue weighted by molar-refractivity contribution is -0.142. The largest absolute Gasteiger partial charge is 0.435 e. The average molecular weight is 545 g/mol. The zero-order valence-corrected chi connectivity index (χ0v) is 21.6. The third kappa shape index (κ3) is 4.95. The first-order chi connectivity index (χ1) is 18.2. The van der Waals surface area contributed by atoms with Crippen LogP contribution in [0.4, 0.5) is 13.2 Å². The number of aromatic nitrogens is 3. The van der Waals surface area contributed by atoms with Gasteiger partial charge in [0.1, 0.15) is 6.54 Å². The van der Waals surface area contributed by atoms with E-state index in [9.17, 15) is 18.0 Å². The molecule has 0 bridgehead atoms. The fraction of sp³-hybridized carbons (Fsp3) is 0.423. The number of thiazole rings is 1. The first-order valence-corrected chi connectivity index (χ1v) is 13.4. The van der Waals surface area contributed by atoms with Gasteiger partial charge in [0.15, 0.2) is 11.9 Å². The summed E-state index contributed by atoms with van der Waals surface area (Å²) in [6.45, 7) is 4.08. The van der Waals surface area contributed by atoms with E-state index in [4.69, 9.17) is 9.82 Å². The van der Waals surface area contributed by atoms with Crippen molar-refractivity contribution in [1.29, 1.82) is 0 Å². The van der Waals surface area contributed by atoms with Crippen molar-refractivity contribution in [3.8, 4) is 0 Å². The van der Waals surface area contributed by atoms with E-state index in [0.717, 1.165) is 53.1 Å². The van der Waals surface area contributed by atoms with Gasteiger partial charge in [-0.1, -0.05) is 24.3 Å². The molecule has 1 aromatic carbocycles. The summed E-state index contributed by atoms with van der Waals surface area (Å²) in [6.07, 6.45) is -1.12. The molecule has 0 radical (unpaired) electrons. The predicted octanol–water partition coefficient (Wildman–Crippen LogP) is 4.29. The molecule has 200 valence electrons. The van der Waals surface area contributed by atoms with Crippen LogP contribution in [0.1, 0.15) is 52.0 Å². The molecule has 0 spiro atoms. The molecule has 0 saturated carbocycles. The number of hydrogen-bond acceptors (Lipinski definition) is 7. The molecule has 38 heavy (non-hydrogen) atoms. The number of aryl methyl sites for hydroxylation is 1. The molecule has 1 unspecified atom stereocenters. The summed E-state index contributed by atoms with van der Waals surface area (Å²) < 4.78 is 39.9. The van der Waals surface area contributed by atoms with Gasteiger partial charge in [-0.05, 0) is 43.0 Å². The number of benzene rings is 1. The Balaban J connectivity index is 1.03. The number of piperidine rings is 1. The maximum Gasteiger partial charge on any atom is 0.435 e. The zero-order chi connectivity index (χ0) is 26.4. The highest BCUT2D eigenvalue weighted by molar-refractivity contribution is 7.09. The molecule has 6 rings (SSSR count). The van der Waals surface area contributed by atoms with Crippen molar-refractivity contribution >= 4 is 22.9 Å². The molecule has 3 aromatic rings. The lowest BCUT2D eigenvalue weighted by atomic mass is 9.97. The topological polar surface area (TPSA) is 75.5 Å². The molecule has 1 saturated heterocycles. The number of hydrogen-bond donors (Lipinski definition) is 1. The van der Waals surface area contributed by atoms with Crippen LogP contribution in [0.5, 0.6) is 0 Å². The Kier molecular flexibility index (Phi) is 6.48. The number of nitrogens with zero attached hydrogens (tertiary/aromatic N) is 5. The lowest BCUT2D eigenvalue weighted by Crippen LogP contribution is -2.40. The normalized spacial score (nSPS) is 20.5. The van der Waals surface area contributed by atoms with Crippen LogP contribution in [0.15, 0.2) is 41.8 Å². The maximum absolute atomic E-state index is 12.9. The molecule has 2 aromatic heterocycles. The Morgan fingerprint density at radius 1 is 1.18 bits per heavy atom. The minimum absolute atomic E-state index is 0.164. The van der Waals surface area contributed by atoms with Crippen LogP contribution in [0.2, 0.25) is 0 Å². The first-order valence-electron chi connectivity index (χ1n) is 12.5. The minimum Gasteiger partial charge on any atom is -0.341 e. The second-order valence-electron chi connectivity index (χ2n) is 9.92. The van der Waals surface area contributed by atoms with Crippen LogP contribution >= 0.6 is 11.3 Å². The first kappa shape index (κ1) is 25.1. The number of rotatable bonds is 5. The summed E-state index contributed by atoms with van der Waals surface area (Å²) >= 11 is 1.60. The lowest BCUT2D eigenvalue weighted by Gasteiger charge is -2.31. The third-order valence-corrected chi connectivity index (χ3v) is 8.38. The summed E-state index contributed by atoms with van der Waals surface area (Å²) in [5.41, 5.74) is 6.72. The van der Waals surface area contributed by atoms with Crippen molar-refractivity contribution in [3.63, 3.8) is 0 Å². The fourth-order valence-electron chi connectivity index (χ4n) is 5.20. The van der Waals surface area contributed by atoms with Crippen LogP contribution in [0.3, 0.4) is 0 Å². The molecule has 8 nitrogen and oxygen atoms in total. The quantitative estimate of drug-likeness (QED) is 0.517. The summed E-state index contributed by atoms with van der Waals surface area (Å²) in [6, 6.07) is 9.38. The van der Waals surface area contributed by atoms with E-state index in [1.807, 2.05) is 5.38 Å². The van der Waals surface area contributed by atoms with Gasteiger partial charge >= 0.3 is 6.18 Å². The van der Waals surface area contributed by atoms with Gasteiger partial charge in [0.05, 0.1) is 16.4 Å². The molecule has 0 aliphatic carbocycles. The number of amides is 1. The second kappa shape index (κ2) is 9.83. The van der Waals surface area contributed by atoms with Crippen molar-refractivity contribution in [3.05, 3.63) is 75.0 Å². The Morgan fingerprint density at radius 3 is 2.55 bits per heavy atom. The van der Waals surface area contributed by atoms with Gasteiger partial charge in [-0.25, -0.2) is 4.98 Å². The Bertz CT molecular complexity index is 1350. The maximum atomic E-state index is 12.9. The Morgan fingerprint density at radius 2 is 1.89 bits per heavy atom. The van der Waals surface area contributed by atoms with E-state index in [1.165, 1.54) is 18.1 Å². The predicted molar refractivity (Wildman–Crippen MR) is 134 cm³/mol. The van der Waals surface area contributed by atoms with Crippen molar-refractivity contribution in [1.82, 2.24) is 30.0 Å². The van der Waals surface area contributed by atoms with Crippen LogP contribution < -0.4 is 5.48 Å². The molecule has 5 heterocycles. The Labute approximate surface area is 221 Å². The molecular weight excluding hydrogens is 517 g/mol. The summed E-state index contributed by atoms with van der Waals surface area (Å²) in [5, 5.41) is 6.61. The SMILES string of the molecule is Cc1cc(C(F)(F)F)nn1CC(=O)N1CCC(c2nc(C3=CC(N4Cc5ccccc5C4)ON3)cs2)CC1. The highest BCUT2D eigenvalue weighted by Crippen LogP contribution is 2.34. The third-order valence-electron chi connectivity index (χ3n) is 7.38. The molecule has 3 aliphatic heterocycles. The number of carbonyl (C=O) groups excluding carboxylic acids is 1. The number of hydroxylamine groups is 1. The van der Waals surface area contributed by atoms with Gasteiger partial charge in [-0.3, -0.25) is 24.7 Å². The molecule has 1 amide bonds. The molecular formula is C26H27F3N6O2S. The van der Waals surface area contributed by atoms with E-state index >= 15 is 0 Å². The second-order valence-corrected chi connectivity index (χ2v) is 10.8. The summed E-state index contributed by atoms with van der Waals surface area (Å²) in [4.78, 5) is 27.4. The highest BCUT2D eigenvalue weighted by Gasteiger charge is 2.35. The fourth-order valence-corrected chi connectivity index (χ4v) is 6.19. The van der Waals surface area contributed by atoms with Crippen molar-refractivity contribution in [2.24, 2.45) is 0 Å². The molecule has 1 N–H and O–H groups in total. The van der Waals surface area contributed by atoms with Gasteiger partial charge in [0, 0.05) is 43.2 Å². The number of carbonyl (C=O) groups is 1. The van der Waals surface area contributed by atoms with E-state index in [-0.39, 0.29) is 24.6 Å². The minimum atomic E-state index is -4.53. The van der Waals surface area contributed by atoms with Crippen molar-refractivity contribution in [2.75, 3.05) is 13.1 Å². The van der Waals surface area contributed by atoms with Crippen molar-refractivity contribution in [2.45, 2.75) is 57.7 Å². The van der Waals surface area contributed by atoms with Crippen LogP contribution in [0, 0.1) is 6.92 Å². The number of likely N-dealkylation sites (tertiary alicyclic amines) is 1. The molecule has 1 fully saturated rings. The standard InChI is InChI=1S/C26H27F3N6O2S/c1-16-10-22(26(27,28)29)31-35(16)14-23(36)33-8-6-17(7-9-33)25-30-21(15-38-25)20-11-24(37-32-20)34-12-18-4-2-3-5-19(18)13-34/h2-5,10-11,15,17,24,32H,6-9,12-14H2,1H3. The monoisotopic (exact) mass is 544 g/mol. The molecule has 3 aliphatic rings. The van der Waals surface area contributed by atoms with Crippen LogP contribution in [-0.4, -0.2) is 49.8 Å². The highest BCUT2D eigenvalue weighted by atomic mass is 32.1. The van der Waals surface area contributed by atoms with Crippen LogP contribution in [0.25, 0.3) is 5.70 Å². The van der Waals surface area contributed by atoms with Gasteiger partial charge in [0.25, 0.3) is 0 Å². The average Bonchev–Trinajstić information content (AvgIpc) is 3.69. The van der Waals surface area contributed by atoms with Crippen molar-refractivity contribution < 1.29 is 22.8 Å². The summed E-state index contributed by atoms with van der Waals surface area (Å²) in [5.74, 6) is 0.00337. The smallest absolute Gasteiger partial charge is 0.341 e. The van der Waals surface area contributed by atoms with Gasteiger partial charge in [-0.2, -0.15) is 18.3 Å². The molecule has 1 atom stereocenters. The van der Waals surface area contributed by atoms with Crippen LogP contribution in [-0.2, 0) is 35.4 Å². The van der Waals surface area contributed by atoms with Gasteiger partial charge in [0.2, 0.25) is 5.91 Å². The van der Waals surface area contributed by atoms with E-state index in [0.29, 0.717) is 18.8 Å². The van der Waals surface area contributed by atoms with E-state index in [1.54, 1.807) is 16.2 Å². The number of nitrogens with one attached hydrogen (secondary N) is 1. The van der Waals surface area contributed by atoms with Gasteiger partial charge in [-0.15, -0.1) is 11.3 Å². The molecule has 12 heteroatoms. The van der Waals surface area contributed by atoms with E-state index < -0.39 is 11.9 Å². The number of alkyl halides is 3. The Hall–Kier alpha value is -3.22. The number of halogens is 3. The van der Waals surface area contributed by atoms with Gasteiger partial charge < -0.3 is 4.90 Å². The zero-order valence-electron chi connectivity index (χ0n) is 20.7. The summed E-state index contributed by atoms with van der Waals surface area (Å²) in [7, 11) is 0. The van der Waals surface area contributed by atoms with E-state index in [2.05, 4.69) is 45.8 Å². The number of fused-ring (bicyclic) bond motifs is 1.